The summed E-state index contributed by atoms with van der Waals surface area (Å²) in [7, 11) is 1.72. The van der Waals surface area contributed by atoms with Crippen LogP contribution in [0, 0.1) is 0 Å². The smallest absolute Gasteiger partial charge is 0.142 e. The van der Waals surface area contributed by atoms with E-state index in [4.69, 9.17) is 4.74 Å². The van der Waals surface area contributed by atoms with Gasteiger partial charge in [0.15, 0.2) is 0 Å². The van der Waals surface area contributed by atoms with Crippen molar-refractivity contribution >= 4 is 5.69 Å². The van der Waals surface area contributed by atoms with Gasteiger partial charge in [0.1, 0.15) is 5.75 Å². The molecule has 1 aliphatic heterocycles. The molecule has 1 N–H and O–H groups in total. The van der Waals surface area contributed by atoms with Gasteiger partial charge in [0.25, 0.3) is 0 Å². The normalized spacial score (nSPS) is 20.3. The molecule has 0 radical (unpaired) electrons. The summed E-state index contributed by atoms with van der Waals surface area (Å²) in [5, 5.41) is 3.45. The van der Waals surface area contributed by atoms with Crippen LogP contribution in [-0.4, -0.2) is 13.2 Å². The minimum atomic E-state index is 0.559. The second-order valence-corrected chi connectivity index (χ2v) is 3.58. The van der Waals surface area contributed by atoms with Gasteiger partial charge < -0.3 is 10.1 Å². The molecular weight excluding hydrogens is 162 g/mol. The van der Waals surface area contributed by atoms with Crippen molar-refractivity contribution in [2.75, 3.05) is 12.4 Å². The average molecular weight is 177 g/mol. The SMILES string of the molecule is COc1cccc2c1N[C@@H](C)CC2. The zero-order valence-electron chi connectivity index (χ0n) is 8.13. The Morgan fingerprint density at radius 1 is 1.46 bits per heavy atom. The van der Waals surface area contributed by atoms with E-state index in [-0.39, 0.29) is 0 Å². The summed E-state index contributed by atoms with van der Waals surface area (Å²) in [5.41, 5.74) is 2.56. The standard InChI is InChI=1S/C11H15NO/c1-8-6-7-9-4-3-5-10(13-2)11(9)12-8/h3-5,8,12H,6-7H2,1-2H3/t8-/m0/s1. The fraction of sp³-hybridized carbons (Fsp3) is 0.455. The molecule has 1 aromatic carbocycles. The van der Waals surface area contributed by atoms with Crippen LogP contribution in [-0.2, 0) is 6.42 Å². The molecule has 1 heterocycles. The van der Waals surface area contributed by atoms with Crippen molar-refractivity contribution in [1.29, 1.82) is 0 Å². The lowest BCUT2D eigenvalue weighted by Crippen LogP contribution is -2.22. The van der Waals surface area contributed by atoms with E-state index in [9.17, 15) is 0 Å². The Balaban J connectivity index is 2.41. The fourth-order valence-electron chi connectivity index (χ4n) is 1.81. The first-order valence-electron chi connectivity index (χ1n) is 4.73. The van der Waals surface area contributed by atoms with Crippen LogP contribution in [0.3, 0.4) is 0 Å². The molecule has 0 unspecified atom stereocenters. The summed E-state index contributed by atoms with van der Waals surface area (Å²) >= 11 is 0. The Morgan fingerprint density at radius 3 is 3.08 bits per heavy atom. The second-order valence-electron chi connectivity index (χ2n) is 3.58. The first-order chi connectivity index (χ1) is 6.31. The Bertz CT molecular complexity index is 295. The molecule has 1 aliphatic rings. The van der Waals surface area contributed by atoms with Crippen molar-refractivity contribution in [3.8, 4) is 5.75 Å². The number of nitrogens with one attached hydrogen (secondary N) is 1. The number of aryl methyl sites for hydroxylation is 1. The van der Waals surface area contributed by atoms with E-state index >= 15 is 0 Å². The van der Waals surface area contributed by atoms with Crippen LogP contribution in [0.25, 0.3) is 0 Å². The van der Waals surface area contributed by atoms with Crippen molar-refractivity contribution in [2.24, 2.45) is 0 Å². The van der Waals surface area contributed by atoms with Crippen LogP contribution < -0.4 is 10.1 Å². The number of hydrogen-bond donors (Lipinski definition) is 1. The number of benzene rings is 1. The summed E-state index contributed by atoms with van der Waals surface area (Å²) < 4.78 is 5.30. The number of anilines is 1. The quantitative estimate of drug-likeness (QED) is 0.711. The van der Waals surface area contributed by atoms with Gasteiger partial charge in [0, 0.05) is 6.04 Å². The van der Waals surface area contributed by atoms with Crippen LogP contribution in [0.15, 0.2) is 18.2 Å². The third-order valence-electron chi connectivity index (χ3n) is 2.57. The Morgan fingerprint density at radius 2 is 2.31 bits per heavy atom. The van der Waals surface area contributed by atoms with Gasteiger partial charge in [-0.1, -0.05) is 12.1 Å². The molecule has 1 atom stereocenters. The maximum atomic E-state index is 5.30. The number of para-hydroxylation sites is 1. The van der Waals surface area contributed by atoms with Gasteiger partial charge in [0.2, 0.25) is 0 Å². The van der Waals surface area contributed by atoms with Crippen LogP contribution in [0.4, 0.5) is 5.69 Å². The zero-order chi connectivity index (χ0) is 9.26. The van der Waals surface area contributed by atoms with Crippen LogP contribution >= 0.6 is 0 Å². The van der Waals surface area contributed by atoms with Gasteiger partial charge in [-0.15, -0.1) is 0 Å². The minimum absolute atomic E-state index is 0.559. The van der Waals surface area contributed by atoms with E-state index in [1.807, 2.05) is 6.07 Å². The van der Waals surface area contributed by atoms with E-state index in [2.05, 4.69) is 24.4 Å². The highest BCUT2D eigenvalue weighted by atomic mass is 16.5. The van der Waals surface area contributed by atoms with Crippen molar-refractivity contribution < 1.29 is 4.74 Å². The number of fused-ring (bicyclic) bond motifs is 1. The summed E-state index contributed by atoms with van der Waals surface area (Å²) in [6.07, 6.45) is 2.36. The van der Waals surface area contributed by atoms with Crippen molar-refractivity contribution in [3.63, 3.8) is 0 Å². The number of hydrogen-bond acceptors (Lipinski definition) is 2. The van der Waals surface area contributed by atoms with E-state index in [0.717, 1.165) is 12.2 Å². The lowest BCUT2D eigenvalue weighted by Gasteiger charge is -2.25. The summed E-state index contributed by atoms with van der Waals surface area (Å²) in [5.74, 6) is 0.962. The molecule has 0 spiro atoms. The van der Waals surface area contributed by atoms with Gasteiger partial charge in [-0.25, -0.2) is 0 Å². The molecule has 13 heavy (non-hydrogen) atoms. The molecule has 70 valence electrons. The van der Waals surface area contributed by atoms with Crippen LogP contribution in [0.1, 0.15) is 18.9 Å². The molecule has 1 aromatic rings. The Hall–Kier alpha value is -1.18. The highest BCUT2D eigenvalue weighted by Crippen LogP contribution is 2.33. The van der Waals surface area contributed by atoms with Crippen LogP contribution in [0.5, 0.6) is 5.75 Å². The molecule has 0 saturated carbocycles. The molecule has 0 bridgehead atoms. The van der Waals surface area contributed by atoms with Gasteiger partial charge in [-0.3, -0.25) is 0 Å². The number of methoxy groups -OCH3 is 1. The maximum Gasteiger partial charge on any atom is 0.142 e. The maximum absolute atomic E-state index is 5.30. The highest BCUT2D eigenvalue weighted by molar-refractivity contribution is 5.63. The first kappa shape index (κ1) is 8.42. The average Bonchev–Trinajstić information content (AvgIpc) is 2.17. The minimum Gasteiger partial charge on any atom is -0.495 e. The van der Waals surface area contributed by atoms with E-state index in [1.54, 1.807) is 7.11 Å². The molecule has 0 aliphatic carbocycles. The topological polar surface area (TPSA) is 21.3 Å². The Labute approximate surface area is 78.9 Å². The van der Waals surface area contributed by atoms with Gasteiger partial charge in [0.05, 0.1) is 12.8 Å². The molecule has 2 heteroatoms. The molecule has 0 saturated heterocycles. The summed E-state index contributed by atoms with van der Waals surface area (Å²) in [6.45, 7) is 2.20. The molecular formula is C11H15NO. The third-order valence-corrected chi connectivity index (χ3v) is 2.57. The van der Waals surface area contributed by atoms with Gasteiger partial charge >= 0.3 is 0 Å². The van der Waals surface area contributed by atoms with Gasteiger partial charge in [-0.05, 0) is 31.4 Å². The summed E-state index contributed by atoms with van der Waals surface area (Å²) in [4.78, 5) is 0. The van der Waals surface area contributed by atoms with Crippen molar-refractivity contribution in [3.05, 3.63) is 23.8 Å². The van der Waals surface area contributed by atoms with E-state index in [0.29, 0.717) is 6.04 Å². The third kappa shape index (κ3) is 1.48. The van der Waals surface area contributed by atoms with Crippen LogP contribution in [0.2, 0.25) is 0 Å². The monoisotopic (exact) mass is 177 g/mol. The molecule has 2 rings (SSSR count). The molecule has 0 amide bonds. The lowest BCUT2D eigenvalue weighted by molar-refractivity contribution is 0.414. The van der Waals surface area contributed by atoms with E-state index < -0.39 is 0 Å². The summed E-state index contributed by atoms with van der Waals surface area (Å²) in [6, 6.07) is 6.78. The largest absolute Gasteiger partial charge is 0.495 e. The predicted molar refractivity (Wildman–Crippen MR) is 54.4 cm³/mol. The number of ether oxygens (including phenoxy) is 1. The zero-order valence-corrected chi connectivity index (χ0v) is 8.13. The first-order valence-corrected chi connectivity index (χ1v) is 4.73. The molecule has 0 fully saturated rings. The lowest BCUT2D eigenvalue weighted by atomic mass is 9.98. The van der Waals surface area contributed by atoms with Crippen molar-refractivity contribution in [2.45, 2.75) is 25.8 Å². The number of rotatable bonds is 1. The predicted octanol–water partition coefficient (Wildman–Crippen LogP) is 2.44. The fourth-order valence-corrected chi connectivity index (χ4v) is 1.81. The highest BCUT2D eigenvalue weighted by Gasteiger charge is 2.16. The molecule has 0 aromatic heterocycles. The molecule has 2 nitrogen and oxygen atoms in total. The van der Waals surface area contributed by atoms with Crippen molar-refractivity contribution in [1.82, 2.24) is 0 Å². The van der Waals surface area contributed by atoms with E-state index in [1.165, 1.54) is 17.7 Å². The van der Waals surface area contributed by atoms with Gasteiger partial charge in [-0.2, -0.15) is 0 Å². The Kier molecular flexibility index (Phi) is 2.13. The second kappa shape index (κ2) is 3.29.